The number of rotatable bonds is 3. The molecule has 1 heterocycles. The first-order chi connectivity index (χ1) is 12.5. The van der Waals surface area contributed by atoms with Crippen LogP contribution in [0.2, 0.25) is 10.0 Å². The van der Waals surface area contributed by atoms with Crippen molar-refractivity contribution < 1.29 is 9.59 Å². The number of urea groups is 1. The summed E-state index contributed by atoms with van der Waals surface area (Å²) in [6.07, 6.45) is 1.23. The molecule has 2 aromatic carbocycles. The zero-order valence-electron chi connectivity index (χ0n) is 14.0. The molecule has 0 aromatic heterocycles. The molecule has 2 N–H and O–H groups in total. The van der Waals surface area contributed by atoms with E-state index in [-0.39, 0.29) is 17.9 Å². The van der Waals surface area contributed by atoms with Gasteiger partial charge in [-0.25, -0.2) is 4.79 Å². The van der Waals surface area contributed by atoms with E-state index in [2.05, 4.69) is 10.6 Å². The average Bonchev–Trinajstić information content (AvgIpc) is 2.62. The Morgan fingerprint density at radius 2 is 1.50 bits per heavy atom. The largest absolute Gasteiger partial charge is 0.326 e. The molecule has 2 aromatic rings. The lowest BCUT2D eigenvalue weighted by Gasteiger charge is -2.31. The van der Waals surface area contributed by atoms with Gasteiger partial charge >= 0.3 is 6.03 Å². The number of hydrogen-bond donors (Lipinski definition) is 2. The lowest BCUT2D eigenvalue weighted by atomic mass is 9.96. The van der Waals surface area contributed by atoms with E-state index in [1.807, 2.05) is 30.3 Å². The monoisotopic (exact) mass is 391 g/mol. The molecule has 3 rings (SSSR count). The number of carbonyl (C=O) groups is 2. The summed E-state index contributed by atoms with van der Waals surface area (Å²) in [6.45, 7) is 1.07. The number of benzene rings is 2. The van der Waals surface area contributed by atoms with Crippen molar-refractivity contribution >= 4 is 46.5 Å². The first-order valence-corrected chi connectivity index (χ1v) is 9.15. The van der Waals surface area contributed by atoms with Crippen LogP contribution in [-0.4, -0.2) is 29.9 Å². The second-order valence-electron chi connectivity index (χ2n) is 6.20. The minimum Gasteiger partial charge on any atom is -0.326 e. The number of para-hydroxylation sites is 1. The molecule has 1 fully saturated rings. The van der Waals surface area contributed by atoms with Gasteiger partial charge in [0.2, 0.25) is 5.91 Å². The van der Waals surface area contributed by atoms with Crippen molar-refractivity contribution in [2.24, 2.45) is 5.92 Å². The second kappa shape index (κ2) is 8.43. The summed E-state index contributed by atoms with van der Waals surface area (Å²) in [6, 6.07) is 14.1. The number of nitrogens with zero attached hydrogens (tertiary/aromatic N) is 1. The topological polar surface area (TPSA) is 61.4 Å². The molecule has 0 aliphatic carbocycles. The van der Waals surface area contributed by atoms with Gasteiger partial charge in [-0.2, -0.15) is 0 Å². The maximum absolute atomic E-state index is 12.4. The number of carbonyl (C=O) groups excluding carboxylic acids is 2. The summed E-state index contributed by atoms with van der Waals surface area (Å²) >= 11 is 11.9. The molecule has 1 aliphatic heterocycles. The molecular formula is C19H19Cl2N3O2. The van der Waals surface area contributed by atoms with Crippen molar-refractivity contribution in [2.45, 2.75) is 12.8 Å². The quantitative estimate of drug-likeness (QED) is 0.783. The van der Waals surface area contributed by atoms with E-state index < -0.39 is 0 Å². The predicted molar refractivity (Wildman–Crippen MR) is 105 cm³/mol. The number of hydrogen-bond acceptors (Lipinski definition) is 2. The Morgan fingerprint density at radius 1 is 0.885 bits per heavy atom. The van der Waals surface area contributed by atoms with Gasteiger partial charge in [0.1, 0.15) is 0 Å². The number of anilines is 2. The molecule has 5 nitrogen and oxygen atoms in total. The van der Waals surface area contributed by atoms with Crippen LogP contribution < -0.4 is 10.6 Å². The van der Waals surface area contributed by atoms with E-state index in [1.165, 1.54) is 0 Å². The van der Waals surface area contributed by atoms with Crippen molar-refractivity contribution in [3.63, 3.8) is 0 Å². The summed E-state index contributed by atoms with van der Waals surface area (Å²) in [4.78, 5) is 26.5. The molecule has 0 saturated carbocycles. The SMILES string of the molecule is O=C(Nc1cc(Cl)cc(Cl)c1)C1CCN(C(=O)Nc2ccccc2)CC1. The Hall–Kier alpha value is -2.24. The lowest BCUT2D eigenvalue weighted by molar-refractivity contribution is -0.121. The standard InChI is InChI=1S/C19H19Cl2N3O2/c20-14-10-15(21)12-17(11-14)22-18(25)13-6-8-24(9-7-13)19(26)23-16-4-2-1-3-5-16/h1-5,10-13H,6-9H2,(H,22,25)(H,23,26). The fourth-order valence-corrected chi connectivity index (χ4v) is 3.47. The minimum atomic E-state index is -0.145. The van der Waals surface area contributed by atoms with Crippen LogP contribution in [0.5, 0.6) is 0 Å². The second-order valence-corrected chi connectivity index (χ2v) is 7.08. The maximum Gasteiger partial charge on any atom is 0.321 e. The van der Waals surface area contributed by atoms with Crippen molar-refractivity contribution in [1.29, 1.82) is 0 Å². The average molecular weight is 392 g/mol. The first-order valence-electron chi connectivity index (χ1n) is 8.39. The molecule has 136 valence electrons. The Labute approximate surface area is 162 Å². The predicted octanol–water partition coefficient (Wildman–Crippen LogP) is 4.88. The van der Waals surface area contributed by atoms with Crippen LogP contribution in [0.4, 0.5) is 16.2 Å². The highest BCUT2D eigenvalue weighted by Gasteiger charge is 2.27. The number of nitrogens with one attached hydrogen (secondary N) is 2. The van der Waals surface area contributed by atoms with Crippen LogP contribution >= 0.6 is 23.2 Å². The molecule has 0 atom stereocenters. The molecule has 1 saturated heterocycles. The van der Waals surface area contributed by atoms with Gasteiger partial charge < -0.3 is 15.5 Å². The van der Waals surface area contributed by atoms with Gasteiger partial charge in [0.15, 0.2) is 0 Å². The maximum atomic E-state index is 12.4. The van der Waals surface area contributed by atoms with E-state index in [1.54, 1.807) is 23.1 Å². The van der Waals surface area contributed by atoms with Gasteiger partial charge in [0.05, 0.1) is 0 Å². The molecule has 3 amide bonds. The molecule has 0 unspecified atom stereocenters. The smallest absolute Gasteiger partial charge is 0.321 e. The highest BCUT2D eigenvalue weighted by molar-refractivity contribution is 6.35. The highest BCUT2D eigenvalue weighted by Crippen LogP contribution is 2.25. The van der Waals surface area contributed by atoms with Crippen molar-refractivity contribution in [2.75, 3.05) is 23.7 Å². The van der Waals surface area contributed by atoms with Gasteiger partial charge in [0, 0.05) is 40.4 Å². The van der Waals surface area contributed by atoms with Crippen LogP contribution in [0.3, 0.4) is 0 Å². The van der Waals surface area contributed by atoms with Gasteiger partial charge in [-0.05, 0) is 43.2 Å². The highest BCUT2D eigenvalue weighted by atomic mass is 35.5. The fourth-order valence-electron chi connectivity index (χ4n) is 2.94. The summed E-state index contributed by atoms with van der Waals surface area (Å²) < 4.78 is 0. The summed E-state index contributed by atoms with van der Waals surface area (Å²) in [5.41, 5.74) is 1.34. The Kier molecular flexibility index (Phi) is 6.01. The van der Waals surface area contributed by atoms with Crippen LogP contribution in [0.1, 0.15) is 12.8 Å². The van der Waals surface area contributed by atoms with E-state index in [0.29, 0.717) is 41.7 Å². The van der Waals surface area contributed by atoms with Crippen LogP contribution in [0.25, 0.3) is 0 Å². The number of halogens is 2. The zero-order valence-corrected chi connectivity index (χ0v) is 15.6. The molecule has 0 radical (unpaired) electrons. The van der Waals surface area contributed by atoms with E-state index in [4.69, 9.17) is 23.2 Å². The molecule has 26 heavy (non-hydrogen) atoms. The van der Waals surface area contributed by atoms with E-state index >= 15 is 0 Å². The molecule has 0 spiro atoms. The van der Waals surface area contributed by atoms with Gasteiger partial charge in [-0.1, -0.05) is 41.4 Å². The van der Waals surface area contributed by atoms with Crippen molar-refractivity contribution in [3.05, 3.63) is 58.6 Å². The van der Waals surface area contributed by atoms with Gasteiger partial charge in [-0.15, -0.1) is 0 Å². The normalized spacial score (nSPS) is 14.8. The van der Waals surface area contributed by atoms with Gasteiger partial charge in [0.25, 0.3) is 0 Å². The first kappa shape index (κ1) is 18.5. The summed E-state index contributed by atoms with van der Waals surface area (Å²) in [5.74, 6) is -0.222. The van der Waals surface area contributed by atoms with E-state index in [0.717, 1.165) is 5.69 Å². The Bertz CT molecular complexity index is 770. The number of amides is 3. The minimum absolute atomic E-state index is 0.0774. The Balaban J connectivity index is 1.51. The van der Waals surface area contributed by atoms with Crippen LogP contribution in [0.15, 0.2) is 48.5 Å². The zero-order chi connectivity index (χ0) is 18.5. The lowest BCUT2D eigenvalue weighted by Crippen LogP contribution is -2.43. The van der Waals surface area contributed by atoms with Crippen LogP contribution in [-0.2, 0) is 4.79 Å². The summed E-state index contributed by atoms with van der Waals surface area (Å²) in [5, 5.41) is 6.66. The number of likely N-dealkylation sites (tertiary alicyclic amines) is 1. The number of piperidine rings is 1. The third-order valence-electron chi connectivity index (χ3n) is 4.31. The van der Waals surface area contributed by atoms with Crippen molar-refractivity contribution in [3.8, 4) is 0 Å². The van der Waals surface area contributed by atoms with Gasteiger partial charge in [-0.3, -0.25) is 4.79 Å². The van der Waals surface area contributed by atoms with Crippen molar-refractivity contribution in [1.82, 2.24) is 4.90 Å². The van der Waals surface area contributed by atoms with Crippen LogP contribution in [0, 0.1) is 5.92 Å². The van der Waals surface area contributed by atoms with E-state index in [9.17, 15) is 9.59 Å². The fraction of sp³-hybridized carbons (Fsp3) is 0.263. The third-order valence-corrected chi connectivity index (χ3v) is 4.74. The molecule has 7 heteroatoms. The molecule has 0 bridgehead atoms. The Morgan fingerprint density at radius 3 is 2.12 bits per heavy atom. The third kappa shape index (κ3) is 4.90. The summed E-state index contributed by atoms with van der Waals surface area (Å²) in [7, 11) is 0. The molecular weight excluding hydrogens is 373 g/mol. The molecule has 1 aliphatic rings.